The molecule has 96 valence electrons. The van der Waals surface area contributed by atoms with Crippen LogP contribution in [0.1, 0.15) is 45.2 Å². The fraction of sp³-hybridized carbons (Fsp3) is 0.692. The molecule has 1 aliphatic heterocycles. The molecule has 0 spiro atoms. The Labute approximate surface area is 112 Å². The third-order valence-electron chi connectivity index (χ3n) is 3.27. The van der Waals surface area contributed by atoms with Crippen molar-refractivity contribution in [2.24, 2.45) is 0 Å². The minimum Gasteiger partial charge on any atom is -0.375 e. The lowest BCUT2D eigenvalue weighted by molar-refractivity contribution is -0.0639. The molecule has 1 saturated heterocycles. The quantitative estimate of drug-likeness (QED) is 0.898. The van der Waals surface area contributed by atoms with Gasteiger partial charge in [0.15, 0.2) is 0 Å². The van der Waals surface area contributed by atoms with E-state index in [9.17, 15) is 0 Å². The first-order valence-corrected chi connectivity index (χ1v) is 7.36. The minimum atomic E-state index is 0.00191. The van der Waals surface area contributed by atoms with Crippen LogP contribution in [0.2, 0.25) is 4.34 Å². The smallest absolute Gasteiger partial charge is 0.0931 e. The predicted octanol–water partition coefficient (Wildman–Crippen LogP) is 4.01. The van der Waals surface area contributed by atoms with Crippen LogP contribution < -0.4 is 5.32 Å². The minimum absolute atomic E-state index is 0.00191. The molecule has 1 aliphatic rings. The molecule has 1 aromatic heterocycles. The molecule has 0 aromatic carbocycles. The third-order valence-corrected chi connectivity index (χ3v) is 4.38. The Morgan fingerprint density at radius 1 is 1.59 bits per heavy atom. The zero-order valence-electron chi connectivity index (χ0n) is 10.6. The second-order valence-electron chi connectivity index (χ2n) is 5.37. The number of hydrogen-bond donors (Lipinski definition) is 1. The van der Waals surface area contributed by atoms with Crippen LogP contribution in [0.5, 0.6) is 0 Å². The first-order chi connectivity index (χ1) is 7.96. The normalized spacial score (nSPS) is 25.8. The molecule has 1 fully saturated rings. The molecule has 0 amide bonds. The number of thiophene rings is 1. The van der Waals surface area contributed by atoms with Gasteiger partial charge in [-0.2, -0.15) is 0 Å². The first kappa shape index (κ1) is 13.3. The average molecular weight is 274 g/mol. The second kappa shape index (κ2) is 5.27. The summed E-state index contributed by atoms with van der Waals surface area (Å²) in [5.41, 5.74) is 1.28. The maximum Gasteiger partial charge on any atom is 0.0931 e. The van der Waals surface area contributed by atoms with Gasteiger partial charge in [-0.25, -0.2) is 0 Å². The van der Waals surface area contributed by atoms with E-state index in [1.165, 1.54) is 5.56 Å². The van der Waals surface area contributed by atoms with Gasteiger partial charge in [-0.05, 0) is 50.6 Å². The highest BCUT2D eigenvalue weighted by molar-refractivity contribution is 7.14. The van der Waals surface area contributed by atoms with Gasteiger partial charge in [0.25, 0.3) is 0 Å². The summed E-state index contributed by atoms with van der Waals surface area (Å²) in [7, 11) is 0. The molecular weight excluding hydrogens is 254 g/mol. The summed E-state index contributed by atoms with van der Waals surface area (Å²) in [4.78, 5) is 0. The summed E-state index contributed by atoms with van der Waals surface area (Å²) in [6.45, 7) is 7.36. The van der Waals surface area contributed by atoms with Crippen LogP contribution in [0.15, 0.2) is 11.4 Å². The van der Waals surface area contributed by atoms with Crippen molar-refractivity contribution in [2.75, 3.05) is 6.61 Å². The highest BCUT2D eigenvalue weighted by atomic mass is 35.5. The molecular formula is C13H20ClNOS. The first-order valence-electron chi connectivity index (χ1n) is 6.10. The fourth-order valence-electron chi connectivity index (χ4n) is 2.37. The summed E-state index contributed by atoms with van der Waals surface area (Å²) in [6, 6.07) is 2.94. The van der Waals surface area contributed by atoms with Crippen molar-refractivity contribution in [2.45, 2.75) is 51.3 Å². The lowest BCUT2D eigenvalue weighted by Crippen LogP contribution is -2.44. The maximum absolute atomic E-state index is 5.96. The molecule has 0 aliphatic carbocycles. The predicted molar refractivity (Wildman–Crippen MR) is 73.9 cm³/mol. The molecule has 17 heavy (non-hydrogen) atoms. The van der Waals surface area contributed by atoms with Crippen molar-refractivity contribution in [1.29, 1.82) is 0 Å². The molecule has 4 heteroatoms. The van der Waals surface area contributed by atoms with Crippen LogP contribution >= 0.6 is 22.9 Å². The Balaban J connectivity index is 1.92. The van der Waals surface area contributed by atoms with Gasteiger partial charge in [0.2, 0.25) is 0 Å². The molecule has 0 bridgehead atoms. The van der Waals surface area contributed by atoms with Crippen LogP contribution in [-0.2, 0) is 4.74 Å². The van der Waals surface area contributed by atoms with E-state index in [4.69, 9.17) is 16.3 Å². The van der Waals surface area contributed by atoms with E-state index < -0.39 is 0 Å². The topological polar surface area (TPSA) is 21.3 Å². The van der Waals surface area contributed by atoms with E-state index >= 15 is 0 Å². The highest BCUT2D eigenvalue weighted by Crippen LogP contribution is 2.28. The number of ether oxygens (including phenoxy) is 1. The maximum atomic E-state index is 5.96. The molecule has 1 N–H and O–H groups in total. The fourth-order valence-corrected chi connectivity index (χ4v) is 3.36. The van der Waals surface area contributed by atoms with Crippen molar-refractivity contribution in [1.82, 2.24) is 5.32 Å². The van der Waals surface area contributed by atoms with Crippen LogP contribution in [0.3, 0.4) is 0 Å². The van der Waals surface area contributed by atoms with Crippen LogP contribution in [0.25, 0.3) is 0 Å². The highest BCUT2D eigenvalue weighted by Gasteiger charge is 2.29. The summed E-state index contributed by atoms with van der Waals surface area (Å²) in [6.07, 6.45) is 2.15. The van der Waals surface area contributed by atoms with E-state index in [1.807, 2.05) is 6.07 Å². The molecule has 0 radical (unpaired) electrons. The number of nitrogens with one attached hydrogen (secondary N) is 1. The van der Waals surface area contributed by atoms with Crippen LogP contribution in [0, 0.1) is 0 Å². The van der Waals surface area contributed by atoms with Gasteiger partial charge in [0, 0.05) is 18.7 Å². The largest absolute Gasteiger partial charge is 0.375 e. The van der Waals surface area contributed by atoms with E-state index in [2.05, 4.69) is 31.5 Å². The SMILES string of the molecule is CC(NC1CCOC(C)(C)C1)c1csc(Cl)c1. The van der Waals surface area contributed by atoms with E-state index in [0.29, 0.717) is 12.1 Å². The standard InChI is InChI=1S/C13H20ClNOS/c1-9(10-6-12(14)17-8-10)15-11-4-5-16-13(2,3)7-11/h6,8-9,11,15H,4-5,7H2,1-3H3. The summed E-state index contributed by atoms with van der Waals surface area (Å²) in [5, 5.41) is 5.80. The van der Waals surface area contributed by atoms with Gasteiger partial charge >= 0.3 is 0 Å². The Kier molecular flexibility index (Phi) is 4.14. The number of rotatable bonds is 3. The Morgan fingerprint density at radius 3 is 2.94 bits per heavy atom. The molecule has 2 unspecified atom stereocenters. The Bertz CT molecular complexity index is 377. The molecule has 0 saturated carbocycles. The van der Waals surface area contributed by atoms with Gasteiger partial charge < -0.3 is 10.1 Å². The Hall–Kier alpha value is -0.0900. The van der Waals surface area contributed by atoms with Crippen molar-refractivity contribution >= 4 is 22.9 Å². The zero-order valence-corrected chi connectivity index (χ0v) is 12.2. The lowest BCUT2D eigenvalue weighted by Gasteiger charge is -2.37. The van der Waals surface area contributed by atoms with Gasteiger partial charge in [-0.15, -0.1) is 11.3 Å². The van der Waals surface area contributed by atoms with Crippen molar-refractivity contribution < 1.29 is 4.74 Å². The lowest BCUT2D eigenvalue weighted by atomic mass is 9.93. The third kappa shape index (κ3) is 3.68. The summed E-state index contributed by atoms with van der Waals surface area (Å²) >= 11 is 7.56. The second-order valence-corrected chi connectivity index (χ2v) is 6.91. The van der Waals surface area contributed by atoms with Gasteiger partial charge in [0.05, 0.1) is 9.94 Å². The van der Waals surface area contributed by atoms with Gasteiger partial charge in [-0.3, -0.25) is 0 Å². The van der Waals surface area contributed by atoms with E-state index in [1.54, 1.807) is 11.3 Å². The van der Waals surface area contributed by atoms with Gasteiger partial charge in [-0.1, -0.05) is 11.6 Å². The van der Waals surface area contributed by atoms with E-state index in [-0.39, 0.29) is 5.60 Å². The molecule has 2 rings (SSSR count). The monoisotopic (exact) mass is 273 g/mol. The Morgan fingerprint density at radius 2 is 2.35 bits per heavy atom. The molecule has 2 heterocycles. The van der Waals surface area contributed by atoms with Crippen LogP contribution in [0.4, 0.5) is 0 Å². The van der Waals surface area contributed by atoms with Crippen LogP contribution in [-0.4, -0.2) is 18.2 Å². The average Bonchev–Trinajstić information content (AvgIpc) is 2.63. The number of hydrogen-bond acceptors (Lipinski definition) is 3. The summed E-state index contributed by atoms with van der Waals surface area (Å²) < 4.78 is 6.59. The van der Waals surface area contributed by atoms with Gasteiger partial charge in [0.1, 0.15) is 0 Å². The molecule has 2 atom stereocenters. The number of halogens is 1. The molecule has 2 nitrogen and oxygen atoms in total. The van der Waals surface area contributed by atoms with Crippen molar-refractivity contribution in [3.8, 4) is 0 Å². The summed E-state index contributed by atoms with van der Waals surface area (Å²) in [5.74, 6) is 0. The zero-order chi connectivity index (χ0) is 12.5. The van der Waals surface area contributed by atoms with Crippen molar-refractivity contribution in [3.05, 3.63) is 21.3 Å². The molecule has 1 aromatic rings. The van der Waals surface area contributed by atoms with Crippen molar-refractivity contribution in [3.63, 3.8) is 0 Å². The van der Waals surface area contributed by atoms with E-state index in [0.717, 1.165) is 23.8 Å².